The second-order valence-corrected chi connectivity index (χ2v) is 6.47. The summed E-state index contributed by atoms with van der Waals surface area (Å²) in [5.41, 5.74) is 0.521. The van der Waals surface area contributed by atoms with Crippen molar-refractivity contribution >= 4 is 30.1 Å². The summed E-state index contributed by atoms with van der Waals surface area (Å²) < 4.78 is 0. The van der Waals surface area contributed by atoms with E-state index in [0.29, 0.717) is 17.1 Å². The summed E-state index contributed by atoms with van der Waals surface area (Å²) in [6.45, 7) is 6.45. The highest BCUT2D eigenvalue weighted by molar-refractivity contribution is 7.99. The van der Waals surface area contributed by atoms with Crippen molar-refractivity contribution in [3.05, 3.63) is 0 Å². The van der Waals surface area contributed by atoms with Crippen LogP contribution in [0.3, 0.4) is 0 Å². The predicted molar refractivity (Wildman–Crippen MR) is 80.6 cm³/mol. The topological polar surface area (TPSA) is 32.3 Å². The fourth-order valence-electron chi connectivity index (χ4n) is 2.85. The number of thioether (sulfide) groups is 1. The molecule has 2 aliphatic rings. The second kappa shape index (κ2) is 7.61. The Kier molecular flexibility index (Phi) is 6.82. The highest BCUT2D eigenvalue weighted by Crippen LogP contribution is 2.36. The van der Waals surface area contributed by atoms with Crippen LogP contribution in [0.25, 0.3) is 0 Å². The third kappa shape index (κ3) is 4.04. The minimum atomic E-state index is 0. The lowest BCUT2D eigenvalue weighted by Crippen LogP contribution is -2.44. The van der Waals surface area contributed by atoms with Crippen LogP contribution in [0.4, 0.5) is 0 Å². The van der Waals surface area contributed by atoms with Crippen molar-refractivity contribution in [2.75, 3.05) is 37.7 Å². The van der Waals surface area contributed by atoms with E-state index in [0.717, 1.165) is 25.3 Å². The van der Waals surface area contributed by atoms with Crippen molar-refractivity contribution in [2.45, 2.75) is 32.6 Å². The normalized spacial score (nSPS) is 21.9. The number of carbonyl (C=O) groups is 1. The van der Waals surface area contributed by atoms with E-state index in [1.54, 1.807) is 11.8 Å². The quantitative estimate of drug-likeness (QED) is 0.806. The molecule has 3 nitrogen and oxygen atoms in total. The summed E-state index contributed by atoms with van der Waals surface area (Å²) in [6.07, 6.45) is 4.86. The van der Waals surface area contributed by atoms with Gasteiger partial charge in [-0.05, 0) is 43.4 Å². The molecule has 2 fully saturated rings. The van der Waals surface area contributed by atoms with Gasteiger partial charge in [0.15, 0.2) is 0 Å². The Morgan fingerprint density at radius 1 is 1.33 bits per heavy atom. The molecule has 0 radical (unpaired) electrons. The van der Waals surface area contributed by atoms with Gasteiger partial charge in [-0.1, -0.05) is 6.92 Å². The van der Waals surface area contributed by atoms with E-state index in [4.69, 9.17) is 0 Å². The van der Waals surface area contributed by atoms with Gasteiger partial charge in [-0.25, -0.2) is 0 Å². The zero-order chi connectivity index (χ0) is 12.1. The molecule has 0 aromatic heterocycles. The van der Waals surface area contributed by atoms with Crippen LogP contribution in [0.5, 0.6) is 0 Å². The Morgan fingerprint density at radius 3 is 2.61 bits per heavy atom. The number of hydrogen-bond acceptors (Lipinski definition) is 3. The SMILES string of the molecule is CCCSCC(=O)N1CCC2(CCNC2)CC1.Cl. The van der Waals surface area contributed by atoms with Gasteiger partial charge in [0.2, 0.25) is 5.91 Å². The van der Waals surface area contributed by atoms with E-state index in [-0.39, 0.29) is 12.4 Å². The lowest BCUT2D eigenvalue weighted by molar-refractivity contribution is -0.130. The van der Waals surface area contributed by atoms with Crippen molar-refractivity contribution in [3.8, 4) is 0 Å². The van der Waals surface area contributed by atoms with Crippen molar-refractivity contribution in [2.24, 2.45) is 5.41 Å². The number of piperidine rings is 1. The molecule has 0 saturated carbocycles. The lowest BCUT2D eigenvalue weighted by atomic mass is 9.78. The number of hydrogen-bond donors (Lipinski definition) is 1. The number of nitrogens with zero attached hydrogens (tertiary/aromatic N) is 1. The van der Waals surface area contributed by atoms with Gasteiger partial charge in [-0.15, -0.1) is 12.4 Å². The molecule has 106 valence electrons. The molecule has 2 rings (SSSR count). The molecule has 0 aliphatic carbocycles. The van der Waals surface area contributed by atoms with Gasteiger partial charge in [0, 0.05) is 19.6 Å². The average Bonchev–Trinajstić information content (AvgIpc) is 2.79. The molecule has 0 unspecified atom stereocenters. The van der Waals surface area contributed by atoms with Gasteiger partial charge in [-0.2, -0.15) is 11.8 Å². The largest absolute Gasteiger partial charge is 0.342 e. The molecule has 2 saturated heterocycles. The molecule has 1 N–H and O–H groups in total. The smallest absolute Gasteiger partial charge is 0.232 e. The minimum Gasteiger partial charge on any atom is -0.342 e. The third-order valence-corrected chi connectivity index (χ3v) is 5.23. The monoisotopic (exact) mass is 292 g/mol. The van der Waals surface area contributed by atoms with Crippen LogP contribution >= 0.6 is 24.2 Å². The molecule has 18 heavy (non-hydrogen) atoms. The number of rotatable bonds is 4. The number of halogens is 1. The fraction of sp³-hybridized carbons (Fsp3) is 0.923. The Morgan fingerprint density at radius 2 is 2.06 bits per heavy atom. The molecule has 1 spiro atoms. The first-order valence-electron chi connectivity index (χ1n) is 6.82. The lowest BCUT2D eigenvalue weighted by Gasteiger charge is -2.38. The zero-order valence-electron chi connectivity index (χ0n) is 11.2. The molecular formula is C13H25ClN2OS. The van der Waals surface area contributed by atoms with Crippen LogP contribution in [0.15, 0.2) is 0 Å². The van der Waals surface area contributed by atoms with Gasteiger partial charge in [0.25, 0.3) is 0 Å². The van der Waals surface area contributed by atoms with Crippen LogP contribution < -0.4 is 5.32 Å². The molecule has 0 atom stereocenters. The standard InChI is InChI=1S/C13H24N2OS.ClH/c1-2-9-17-10-12(16)15-7-4-13(5-8-15)3-6-14-11-13;/h14H,2-11H2,1H3;1H. The molecule has 5 heteroatoms. The number of likely N-dealkylation sites (tertiary alicyclic amines) is 1. The van der Waals surface area contributed by atoms with E-state index in [2.05, 4.69) is 17.1 Å². The van der Waals surface area contributed by atoms with Crippen molar-refractivity contribution in [1.82, 2.24) is 10.2 Å². The van der Waals surface area contributed by atoms with Crippen LogP contribution in [0, 0.1) is 5.41 Å². The van der Waals surface area contributed by atoms with E-state index in [9.17, 15) is 4.79 Å². The summed E-state index contributed by atoms with van der Waals surface area (Å²) in [5, 5.41) is 3.46. The zero-order valence-corrected chi connectivity index (χ0v) is 12.9. The Bertz CT molecular complexity index is 260. The summed E-state index contributed by atoms with van der Waals surface area (Å²) in [4.78, 5) is 14.0. The highest BCUT2D eigenvalue weighted by Gasteiger charge is 2.37. The summed E-state index contributed by atoms with van der Waals surface area (Å²) in [5.74, 6) is 2.14. The minimum absolute atomic E-state index is 0. The van der Waals surface area contributed by atoms with E-state index >= 15 is 0 Å². The summed E-state index contributed by atoms with van der Waals surface area (Å²) in [6, 6.07) is 0. The second-order valence-electron chi connectivity index (χ2n) is 5.36. The van der Waals surface area contributed by atoms with Gasteiger partial charge in [-0.3, -0.25) is 4.79 Å². The summed E-state index contributed by atoms with van der Waals surface area (Å²) >= 11 is 1.78. The van der Waals surface area contributed by atoms with Crippen LogP contribution in [0.1, 0.15) is 32.6 Å². The highest BCUT2D eigenvalue weighted by atomic mass is 35.5. The van der Waals surface area contributed by atoms with Gasteiger partial charge in [0.1, 0.15) is 0 Å². The van der Waals surface area contributed by atoms with E-state index in [1.807, 2.05) is 0 Å². The Balaban J connectivity index is 0.00000162. The maximum Gasteiger partial charge on any atom is 0.232 e. The Hall–Kier alpha value is 0.0700. The molecule has 2 heterocycles. The first-order chi connectivity index (χ1) is 8.26. The van der Waals surface area contributed by atoms with Crippen LogP contribution in [-0.4, -0.2) is 48.5 Å². The molecular weight excluding hydrogens is 268 g/mol. The van der Waals surface area contributed by atoms with E-state index in [1.165, 1.54) is 32.4 Å². The third-order valence-electron chi connectivity index (χ3n) is 4.08. The van der Waals surface area contributed by atoms with E-state index < -0.39 is 0 Å². The van der Waals surface area contributed by atoms with Crippen LogP contribution in [0.2, 0.25) is 0 Å². The maximum atomic E-state index is 12.0. The number of nitrogens with one attached hydrogen (secondary N) is 1. The van der Waals surface area contributed by atoms with Gasteiger partial charge < -0.3 is 10.2 Å². The number of amides is 1. The molecule has 2 aliphatic heterocycles. The molecule has 0 aromatic carbocycles. The molecule has 0 aromatic rings. The van der Waals surface area contributed by atoms with Gasteiger partial charge in [0.05, 0.1) is 5.75 Å². The maximum absolute atomic E-state index is 12.0. The van der Waals surface area contributed by atoms with Gasteiger partial charge >= 0.3 is 0 Å². The van der Waals surface area contributed by atoms with Crippen molar-refractivity contribution in [3.63, 3.8) is 0 Å². The Labute approximate surface area is 121 Å². The van der Waals surface area contributed by atoms with Crippen molar-refractivity contribution < 1.29 is 4.79 Å². The van der Waals surface area contributed by atoms with Crippen molar-refractivity contribution in [1.29, 1.82) is 0 Å². The van der Waals surface area contributed by atoms with Crippen LogP contribution in [-0.2, 0) is 4.79 Å². The average molecular weight is 293 g/mol. The fourth-order valence-corrected chi connectivity index (χ4v) is 3.64. The number of carbonyl (C=O) groups excluding carboxylic acids is 1. The first kappa shape index (κ1) is 16.1. The molecule has 1 amide bonds. The summed E-state index contributed by atoms with van der Waals surface area (Å²) in [7, 11) is 0. The molecule has 0 bridgehead atoms. The first-order valence-corrected chi connectivity index (χ1v) is 7.97. The predicted octanol–water partition coefficient (Wildman–Crippen LogP) is 2.15.